The van der Waals surface area contributed by atoms with Crippen LogP contribution >= 0.6 is 0 Å². The minimum Gasteiger partial charge on any atom is -0.497 e. The van der Waals surface area contributed by atoms with Crippen molar-refractivity contribution in [2.45, 2.75) is 13.5 Å². The zero-order chi connectivity index (χ0) is 21.8. The second-order valence-corrected chi connectivity index (χ2v) is 7.31. The third kappa shape index (κ3) is 4.59. The third-order valence-corrected chi connectivity index (χ3v) is 5.04. The summed E-state index contributed by atoms with van der Waals surface area (Å²) < 4.78 is 6.83. The number of nitrogens with two attached hydrogens (primary N) is 1. The maximum atomic E-state index is 12.5. The molecular weight excluding hydrogens is 388 g/mol. The van der Waals surface area contributed by atoms with Gasteiger partial charge in [0.25, 0.3) is 5.91 Å². The highest BCUT2D eigenvalue weighted by atomic mass is 16.5. The molecule has 0 saturated carbocycles. The monoisotopic (exact) mass is 412 g/mol. The van der Waals surface area contributed by atoms with Crippen molar-refractivity contribution in [3.05, 3.63) is 95.6 Å². The topological polar surface area (TPSA) is 82.2 Å². The average Bonchev–Trinajstić information content (AvgIpc) is 3.19. The molecule has 0 saturated heterocycles. The number of rotatable bonds is 6. The molecule has 156 valence electrons. The molecule has 3 N–H and O–H groups in total. The Morgan fingerprint density at radius 2 is 1.77 bits per heavy atom. The van der Waals surface area contributed by atoms with Crippen molar-refractivity contribution >= 4 is 11.7 Å². The molecule has 0 aliphatic rings. The summed E-state index contributed by atoms with van der Waals surface area (Å²) in [5.74, 6) is 1.18. The van der Waals surface area contributed by atoms with E-state index in [1.54, 1.807) is 23.9 Å². The van der Waals surface area contributed by atoms with Crippen LogP contribution in [0.25, 0.3) is 16.9 Å². The Hall–Kier alpha value is -4.06. The Bertz CT molecular complexity index is 1200. The molecule has 0 bridgehead atoms. The lowest BCUT2D eigenvalue weighted by atomic mass is 10.1. The first-order valence-corrected chi connectivity index (χ1v) is 9.97. The molecule has 0 aliphatic carbocycles. The number of amides is 1. The van der Waals surface area contributed by atoms with E-state index >= 15 is 0 Å². The average molecular weight is 412 g/mol. The summed E-state index contributed by atoms with van der Waals surface area (Å²) in [5.41, 5.74) is 11.5. The zero-order valence-electron chi connectivity index (χ0n) is 17.5. The highest BCUT2D eigenvalue weighted by Gasteiger charge is 2.11. The minimum absolute atomic E-state index is 0.142. The number of hydrogen-bond acceptors (Lipinski definition) is 4. The Balaban J connectivity index is 1.46. The number of benzene rings is 3. The highest BCUT2D eigenvalue weighted by Crippen LogP contribution is 2.24. The van der Waals surface area contributed by atoms with Crippen molar-refractivity contribution in [1.82, 2.24) is 15.1 Å². The van der Waals surface area contributed by atoms with Crippen molar-refractivity contribution in [3.63, 3.8) is 0 Å². The fourth-order valence-electron chi connectivity index (χ4n) is 3.33. The van der Waals surface area contributed by atoms with Crippen molar-refractivity contribution in [2.75, 3.05) is 12.8 Å². The van der Waals surface area contributed by atoms with Crippen LogP contribution in [0.4, 0.5) is 5.82 Å². The number of nitrogen functional groups attached to an aromatic ring is 1. The van der Waals surface area contributed by atoms with Gasteiger partial charge in [0.15, 0.2) is 0 Å². The van der Waals surface area contributed by atoms with E-state index in [-0.39, 0.29) is 5.91 Å². The van der Waals surface area contributed by atoms with Crippen LogP contribution in [0.3, 0.4) is 0 Å². The van der Waals surface area contributed by atoms with E-state index in [2.05, 4.69) is 16.5 Å². The first-order valence-electron chi connectivity index (χ1n) is 9.97. The Morgan fingerprint density at radius 3 is 2.45 bits per heavy atom. The van der Waals surface area contributed by atoms with Gasteiger partial charge in [0.2, 0.25) is 0 Å². The van der Waals surface area contributed by atoms with Crippen LogP contribution in [-0.4, -0.2) is 22.8 Å². The number of carbonyl (C=O) groups is 1. The molecule has 0 atom stereocenters. The quantitative estimate of drug-likeness (QED) is 0.493. The van der Waals surface area contributed by atoms with Crippen LogP contribution in [0.15, 0.2) is 78.9 Å². The van der Waals surface area contributed by atoms with Gasteiger partial charge in [-0.25, -0.2) is 4.68 Å². The number of anilines is 1. The molecule has 6 heteroatoms. The van der Waals surface area contributed by atoms with E-state index in [0.717, 1.165) is 33.8 Å². The smallest absolute Gasteiger partial charge is 0.251 e. The zero-order valence-corrected chi connectivity index (χ0v) is 17.5. The first kappa shape index (κ1) is 20.2. The molecule has 0 spiro atoms. The van der Waals surface area contributed by atoms with Gasteiger partial charge >= 0.3 is 0 Å². The van der Waals surface area contributed by atoms with E-state index in [1.807, 2.05) is 67.6 Å². The number of methoxy groups -OCH3 is 1. The van der Waals surface area contributed by atoms with Crippen LogP contribution in [0.2, 0.25) is 0 Å². The molecule has 0 radical (unpaired) electrons. The lowest BCUT2D eigenvalue weighted by Crippen LogP contribution is -2.22. The number of hydrogen-bond donors (Lipinski definition) is 2. The van der Waals surface area contributed by atoms with Gasteiger partial charge in [-0.1, -0.05) is 35.9 Å². The van der Waals surface area contributed by atoms with E-state index in [0.29, 0.717) is 17.9 Å². The van der Waals surface area contributed by atoms with Gasteiger partial charge in [0.1, 0.15) is 11.6 Å². The molecule has 31 heavy (non-hydrogen) atoms. The second-order valence-electron chi connectivity index (χ2n) is 7.31. The van der Waals surface area contributed by atoms with Gasteiger partial charge in [-0.15, -0.1) is 0 Å². The minimum atomic E-state index is -0.142. The van der Waals surface area contributed by atoms with Crippen LogP contribution in [-0.2, 0) is 6.54 Å². The van der Waals surface area contributed by atoms with E-state index < -0.39 is 0 Å². The van der Waals surface area contributed by atoms with Crippen LogP contribution < -0.4 is 15.8 Å². The summed E-state index contributed by atoms with van der Waals surface area (Å²) >= 11 is 0. The number of aryl methyl sites for hydroxylation is 1. The maximum absolute atomic E-state index is 12.5. The molecule has 4 rings (SSSR count). The molecule has 0 fully saturated rings. The molecule has 0 unspecified atom stereocenters. The summed E-state index contributed by atoms with van der Waals surface area (Å²) in [6.45, 7) is 2.48. The van der Waals surface area contributed by atoms with Gasteiger partial charge < -0.3 is 15.8 Å². The maximum Gasteiger partial charge on any atom is 0.251 e. The number of carbonyl (C=O) groups excluding carboxylic acids is 1. The van der Waals surface area contributed by atoms with Crippen molar-refractivity contribution in [3.8, 4) is 22.7 Å². The summed E-state index contributed by atoms with van der Waals surface area (Å²) in [6, 6.07) is 24.8. The fraction of sp³-hybridized carbons (Fsp3) is 0.120. The molecule has 6 nitrogen and oxygen atoms in total. The van der Waals surface area contributed by atoms with Crippen molar-refractivity contribution < 1.29 is 9.53 Å². The van der Waals surface area contributed by atoms with Gasteiger partial charge in [-0.3, -0.25) is 4.79 Å². The van der Waals surface area contributed by atoms with Crippen LogP contribution in [0.1, 0.15) is 21.5 Å². The standard InChI is InChI=1S/C25H24N4O2/c1-17-4-3-5-20(14-17)23-15-24(26)29(28-23)21-10-8-19(9-11-21)25(30)27-16-18-6-12-22(31-2)13-7-18/h3-15H,16,26H2,1-2H3,(H,27,30). The largest absolute Gasteiger partial charge is 0.497 e. The molecule has 1 amide bonds. The predicted octanol–water partition coefficient (Wildman–Crippen LogP) is 4.37. The summed E-state index contributed by atoms with van der Waals surface area (Å²) in [7, 11) is 1.63. The number of aromatic nitrogens is 2. The lowest BCUT2D eigenvalue weighted by molar-refractivity contribution is 0.0951. The van der Waals surface area contributed by atoms with Gasteiger partial charge in [0.05, 0.1) is 18.5 Å². The van der Waals surface area contributed by atoms with Gasteiger partial charge in [-0.2, -0.15) is 5.10 Å². The van der Waals surface area contributed by atoms with E-state index in [4.69, 9.17) is 10.5 Å². The van der Waals surface area contributed by atoms with Gasteiger partial charge in [0, 0.05) is 23.7 Å². The predicted molar refractivity (Wildman–Crippen MR) is 122 cm³/mol. The summed E-state index contributed by atoms with van der Waals surface area (Å²) in [6.07, 6.45) is 0. The lowest BCUT2D eigenvalue weighted by Gasteiger charge is -2.08. The molecule has 1 aromatic heterocycles. The molecule has 1 heterocycles. The molecule has 4 aromatic rings. The normalized spacial score (nSPS) is 10.6. The Morgan fingerprint density at radius 1 is 1.03 bits per heavy atom. The third-order valence-electron chi connectivity index (χ3n) is 5.04. The van der Waals surface area contributed by atoms with Crippen molar-refractivity contribution in [1.29, 1.82) is 0 Å². The molecule has 3 aromatic carbocycles. The van der Waals surface area contributed by atoms with Crippen LogP contribution in [0, 0.1) is 6.92 Å². The number of nitrogens with one attached hydrogen (secondary N) is 1. The number of nitrogens with zero attached hydrogens (tertiary/aromatic N) is 2. The second kappa shape index (κ2) is 8.75. The van der Waals surface area contributed by atoms with Crippen molar-refractivity contribution in [2.24, 2.45) is 0 Å². The number of ether oxygens (including phenoxy) is 1. The fourth-order valence-corrected chi connectivity index (χ4v) is 3.33. The molecular formula is C25H24N4O2. The SMILES string of the molecule is COc1ccc(CNC(=O)c2ccc(-n3nc(-c4cccc(C)c4)cc3N)cc2)cc1. The molecule has 0 aliphatic heterocycles. The van der Waals surface area contributed by atoms with Crippen LogP contribution in [0.5, 0.6) is 5.75 Å². The highest BCUT2D eigenvalue weighted by molar-refractivity contribution is 5.94. The van der Waals surface area contributed by atoms with Gasteiger partial charge in [-0.05, 0) is 55.0 Å². The summed E-state index contributed by atoms with van der Waals surface area (Å²) in [4.78, 5) is 12.5. The summed E-state index contributed by atoms with van der Waals surface area (Å²) in [5, 5.41) is 7.56. The van der Waals surface area contributed by atoms with E-state index in [1.165, 1.54) is 0 Å². The Labute approximate surface area is 181 Å². The van der Waals surface area contributed by atoms with E-state index in [9.17, 15) is 4.79 Å². The Kier molecular flexibility index (Phi) is 5.71. The first-order chi connectivity index (χ1) is 15.0.